The van der Waals surface area contributed by atoms with E-state index in [0.717, 1.165) is 0 Å². The second kappa shape index (κ2) is 6.24. The summed E-state index contributed by atoms with van der Waals surface area (Å²) in [4.78, 5) is 12.4. The van der Waals surface area contributed by atoms with Crippen molar-refractivity contribution in [1.82, 2.24) is 0 Å². The van der Waals surface area contributed by atoms with Gasteiger partial charge in [0.25, 0.3) is 0 Å². The fraction of sp³-hybridized carbons (Fsp3) is 0.353. The van der Waals surface area contributed by atoms with Gasteiger partial charge >= 0.3 is 5.97 Å². The minimum Gasteiger partial charge on any atom is -0.463 e. The van der Waals surface area contributed by atoms with Gasteiger partial charge in [-0.1, -0.05) is 6.07 Å². The van der Waals surface area contributed by atoms with Crippen LogP contribution in [0.2, 0.25) is 0 Å². The number of nitrogens with one attached hydrogen (secondary N) is 1. The van der Waals surface area contributed by atoms with Crippen molar-refractivity contribution in [2.45, 2.75) is 19.8 Å². The molecule has 0 spiro atoms. The fourth-order valence-electron chi connectivity index (χ4n) is 2.90. The smallest absolute Gasteiger partial charge is 0.338 e. The number of carbonyl (C=O) groups excluding carboxylic acids is 1. The summed E-state index contributed by atoms with van der Waals surface area (Å²) in [5.41, 5.74) is 0.916. The van der Waals surface area contributed by atoms with Crippen LogP contribution in [0.15, 0.2) is 29.5 Å². The van der Waals surface area contributed by atoms with Crippen LogP contribution in [0.25, 0.3) is 0 Å². The number of nitriles is 1. The summed E-state index contributed by atoms with van der Waals surface area (Å²) < 4.78 is 21.1. The first-order valence-corrected chi connectivity index (χ1v) is 7.50. The van der Waals surface area contributed by atoms with Gasteiger partial charge < -0.3 is 18.9 Å². The van der Waals surface area contributed by atoms with E-state index in [9.17, 15) is 10.1 Å². The van der Waals surface area contributed by atoms with Crippen molar-refractivity contribution in [2.24, 2.45) is 5.92 Å². The van der Waals surface area contributed by atoms with Crippen LogP contribution >= 0.6 is 0 Å². The van der Waals surface area contributed by atoms with E-state index in [-0.39, 0.29) is 30.6 Å². The minimum atomic E-state index is -0.923. The normalized spacial score (nSPS) is 22.0. The zero-order valence-corrected chi connectivity index (χ0v) is 13.3. The third kappa shape index (κ3) is 2.56. The van der Waals surface area contributed by atoms with E-state index in [1.165, 1.54) is 0 Å². The second-order valence-corrected chi connectivity index (χ2v) is 5.35. The van der Waals surface area contributed by atoms with Crippen molar-refractivity contribution in [2.75, 3.05) is 13.4 Å². The number of allylic oxidation sites excluding steroid dienone is 1. The predicted molar refractivity (Wildman–Crippen MR) is 82.6 cm³/mol. The SMILES string of the molecule is CCOC(=O)C1=C(C)OC(=N)C(C#N)C1c1ccc2c(c1)OCO2. The lowest BCUT2D eigenvalue weighted by molar-refractivity contribution is -0.139. The molecule has 0 saturated heterocycles. The summed E-state index contributed by atoms with van der Waals surface area (Å²) in [5, 5.41) is 17.5. The molecule has 0 aliphatic carbocycles. The van der Waals surface area contributed by atoms with Crippen LogP contribution in [0.1, 0.15) is 25.3 Å². The van der Waals surface area contributed by atoms with Crippen LogP contribution in [0.4, 0.5) is 0 Å². The van der Waals surface area contributed by atoms with Gasteiger partial charge in [-0.05, 0) is 31.5 Å². The Morgan fingerprint density at radius 1 is 1.42 bits per heavy atom. The van der Waals surface area contributed by atoms with Crippen LogP contribution in [0.3, 0.4) is 0 Å². The maximum Gasteiger partial charge on any atom is 0.338 e. The molecule has 0 fully saturated rings. The number of nitrogens with zero attached hydrogens (tertiary/aromatic N) is 1. The average molecular weight is 328 g/mol. The molecule has 24 heavy (non-hydrogen) atoms. The summed E-state index contributed by atoms with van der Waals surface area (Å²) in [5.74, 6) is -0.905. The Kier molecular flexibility index (Phi) is 4.13. The van der Waals surface area contributed by atoms with Crippen LogP contribution in [0, 0.1) is 22.7 Å². The lowest BCUT2D eigenvalue weighted by Gasteiger charge is -2.30. The minimum absolute atomic E-state index is 0.129. The molecule has 3 rings (SSSR count). The molecule has 1 aromatic rings. The molecule has 0 aromatic heterocycles. The third-order valence-electron chi connectivity index (χ3n) is 3.96. The molecule has 7 heteroatoms. The maximum absolute atomic E-state index is 12.4. The highest BCUT2D eigenvalue weighted by Gasteiger charge is 2.41. The topological polar surface area (TPSA) is 102 Å². The Morgan fingerprint density at radius 3 is 2.88 bits per heavy atom. The van der Waals surface area contributed by atoms with E-state index in [0.29, 0.717) is 17.1 Å². The Labute approximate surface area is 138 Å². The molecule has 2 aliphatic rings. The first-order valence-electron chi connectivity index (χ1n) is 7.50. The van der Waals surface area contributed by atoms with Gasteiger partial charge in [0.1, 0.15) is 11.7 Å². The molecule has 0 amide bonds. The van der Waals surface area contributed by atoms with Crippen molar-refractivity contribution in [3.63, 3.8) is 0 Å². The number of rotatable bonds is 3. The number of ether oxygens (including phenoxy) is 4. The number of fused-ring (bicyclic) bond motifs is 1. The van der Waals surface area contributed by atoms with E-state index in [1.54, 1.807) is 32.0 Å². The van der Waals surface area contributed by atoms with Crippen LogP contribution in [-0.4, -0.2) is 25.3 Å². The summed E-state index contributed by atoms with van der Waals surface area (Å²) >= 11 is 0. The Bertz CT molecular complexity index is 778. The number of benzene rings is 1. The zero-order valence-electron chi connectivity index (χ0n) is 13.3. The molecule has 0 radical (unpaired) electrons. The van der Waals surface area contributed by atoms with E-state index < -0.39 is 17.8 Å². The van der Waals surface area contributed by atoms with Crippen LogP contribution in [-0.2, 0) is 14.3 Å². The summed E-state index contributed by atoms with van der Waals surface area (Å²) in [6, 6.07) is 7.26. The molecular weight excluding hydrogens is 312 g/mol. The maximum atomic E-state index is 12.4. The lowest BCUT2D eigenvalue weighted by atomic mass is 9.78. The fourth-order valence-corrected chi connectivity index (χ4v) is 2.90. The molecule has 2 unspecified atom stereocenters. The quantitative estimate of drug-likeness (QED) is 0.855. The van der Waals surface area contributed by atoms with Gasteiger partial charge in [0.2, 0.25) is 12.7 Å². The second-order valence-electron chi connectivity index (χ2n) is 5.35. The van der Waals surface area contributed by atoms with E-state index in [1.807, 2.05) is 0 Å². The first kappa shape index (κ1) is 15.9. The van der Waals surface area contributed by atoms with Crippen LogP contribution < -0.4 is 9.47 Å². The molecule has 2 aliphatic heterocycles. The molecule has 2 atom stereocenters. The summed E-state index contributed by atoms with van der Waals surface area (Å²) in [7, 11) is 0. The van der Waals surface area contributed by atoms with Crippen molar-refractivity contribution < 1.29 is 23.7 Å². The molecule has 0 bridgehead atoms. The standard InChI is InChI=1S/C17H16N2O5/c1-3-21-17(20)14-9(2)24-16(19)11(7-18)15(14)10-4-5-12-13(6-10)23-8-22-12/h4-6,11,15,19H,3,8H2,1-2H3. The largest absolute Gasteiger partial charge is 0.463 e. The van der Waals surface area contributed by atoms with Gasteiger partial charge in [0, 0.05) is 5.92 Å². The van der Waals surface area contributed by atoms with Gasteiger partial charge in [-0.3, -0.25) is 5.41 Å². The monoisotopic (exact) mass is 328 g/mol. The van der Waals surface area contributed by atoms with Gasteiger partial charge in [-0.2, -0.15) is 5.26 Å². The first-order chi connectivity index (χ1) is 11.6. The van der Waals surface area contributed by atoms with Crippen molar-refractivity contribution >= 4 is 11.9 Å². The van der Waals surface area contributed by atoms with Crippen LogP contribution in [0.5, 0.6) is 11.5 Å². The number of hydrogen-bond donors (Lipinski definition) is 1. The molecule has 1 N–H and O–H groups in total. The molecule has 2 heterocycles. The highest BCUT2D eigenvalue weighted by atomic mass is 16.7. The van der Waals surface area contributed by atoms with E-state index >= 15 is 0 Å². The van der Waals surface area contributed by atoms with Gasteiger partial charge in [-0.25, -0.2) is 4.79 Å². The predicted octanol–water partition coefficient (Wildman–Crippen LogP) is 2.48. The van der Waals surface area contributed by atoms with E-state index in [4.69, 9.17) is 24.4 Å². The van der Waals surface area contributed by atoms with Crippen molar-refractivity contribution in [1.29, 1.82) is 10.7 Å². The number of carbonyl (C=O) groups is 1. The Hall–Kier alpha value is -3.01. The molecule has 0 saturated carbocycles. The molecular formula is C17H16N2O5. The lowest BCUT2D eigenvalue weighted by Crippen LogP contribution is -2.33. The van der Waals surface area contributed by atoms with Gasteiger partial charge in [0.05, 0.1) is 18.2 Å². The Balaban J connectivity index is 2.11. The molecule has 124 valence electrons. The highest BCUT2D eigenvalue weighted by molar-refractivity contribution is 5.95. The number of hydrogen-bond acceptors (Lipinski definition) is 7. The third-order valence-corrected chi connectivity index (χ3v) is 3.96. The van der Waals surface area contributed by atoms with E-state index in [2.05, 4.69) is 6.07 Å². The summed E-state index contributed by atoms with van der Waals surface area (Å²) in [6.45, 7) is 3.63. The number of esters is 1. The highest BCUT2D eigenvalue weighted by Crippen LogP contribution is 2.43. The summed E-state index contributed by atoms with van der Waals surface area (Å²) in [6.07, 6.45) is 0. The average Bonchev–Trinajstić information content (AvgIpc) is 3.01. The van der Waals surface area contributed by atoms with Gasteiger partial charge in [0.15, 0.2) is 11.5 Å². The van der Waals surface area contributed by atoms with Crippen molar-refractivity contribution in [3.8, 4) is 17.6 Å². The van der Waals surface area contributed by atoms with Gasteiger partial charge in [-0.15, -0.1) is 0 Å². The molecule has 1 aromatic carbocycles. The van der Waals surface area contributed by atoms with Crippen molar-refractivity contribution in [3.05, 3.63) is 35.1 Å². The Morgan fingerprint density at radius 2 is 2.17 bits per heavy atom. The molecule has 7 nitrogen and oxygen atoms in total. The zero-order chi connectivity index (χ0) is 17.3.